The van der Waals surface area contributed by atoms with Gasteiger partial charge in [0.25, 0.3) is 8.53 Å². The van der Waals surface area contributed by atoms with Gasteiger partial charge in [-0.2, -0.15) is 0 Å². The molecule has 2 heterocycles. The van der Waals surface area contributed by atoms with Crippen LogP contribution < -0.4 is 0 Å². The number of unbranched alkanes of at least 4 members (excludes halogenated alkanes) is 4. The molecule has 0 radical (unpaired) electrons. The van der Waals surface area contributed by atoms with Crippen LogP contribution in [0, 0.1) is 29.6 Å². The van der Waals surface area contributed by atoms with Crippen molar-refractivity contribution in [2.75, 3.05) is 52.5 Å². The van der Waals surface area contributed by atoms with Gasteiger partial charge in [0.1, 0.15) is 0 Å². The second kappa shape index (κ2) is 25.6. The highest BCUT2D eigenvalue weighted by Crippen LogP contribution is 2.60. The standard InChI is InChI=1S/C40H83N3O3P2/c1-11-19-23-36(15-5)28-41(29-37(16-6)24-20-12-2)47-43(27-35(9)10)40(32-44-47)33-45-48(46-34-40)42(30-38(17-7)25-21-13-3)31-39(18-8)26-22-14-4/h35-39H,11-34H2,1-10H3. The maximum absolute atomic E-state index is 7.02. The third kappa shape index (κ3) is 14.9. The Kier molecular flexibility index (Phi) is 23.9. The van der Waals surface area contributed by atoms with Gasteiger partial charge in [-0.05, 0) is 55.3 Å². The van der Waals surface area contributed by atoms with Crippen LogP contribution in [-0.4, -0.2) is 72.1 Å². The van der Waals surface area contributed by atoms with E-state index in [1.54, 1.807) is 0 Å². The van der Waals surface area contributed by atoms with Crippen LogP contribution in [-0.2, 0) is 13.6 Å². The Morgan fingerprint density at radius 3 is 1.23 bits per heavy atom. The molecule has 2 saturated heterocycles. The van der Waals surface area contributed by atoms with Crippen molar-refractivity contribution in [2.24, 2.45) is 29.6 Å². The second-order valence-corrected chi connectivity index (χ2v) is 19.3. The first-order valence-electron chi connectivity index (χ1n) is 21.0. The van der Waals surface area contributed by atoms with E-state index in [0.29, 0.717) is 17.8 Å². The van der Waals surface area contributed by atoms with Crippen molar-refractivity contribution in [1.82, 2.24) is 14.0 Å². The van der Waals surface area contributed by atoms with Crippen LogP contribution in [0.15, 0.2) is 0 Å². The summed E-state index contributed by atoms with van der Waals surface area (Å²) in [5.41, 5.74) is -0.187. The molecule has 6 nitrogen and oxygen atoms in total. The lowest BCUT2D eigenvalue weighted by atomic mass is 9.97. The molecular formula is C40H83N3O3P2. The first-order chi connectivity index (χ1) is 23.2. The second-order valence-electron chi connectivity index (χ2n) is 15.9. The molecule has 0 saturated carbocycles. The molecule has 0 amide bonds. The van der Waals surface area contributed by atoms with Gasteiger partial charge >= 0.3 is 0 Å². The predicted octanol–water partition coefficient (Wildman–Crippen LogP) is 12.7. The summed E-state index contributed by atoms with van der Waals surface area (Å²) in [5, 5.41) is 0. The van der Waals surface area contributed by atoms with E-state index in [1.807, 2.05) is 0 Å². The fraction of sp³-hybridized carbons (Fsp3) is 1.00. The third-order valence-corrected chi connectivity index (χ3v) is 14.8. The Hall–Kier alpha value is 0.620. The minimum absolute atomic E-state index is 0.187. The van der Waals surface area contributed by atoms with Crippen molar-refractivity contribution in [2.45, 2.75) is 178 Å². The Bertz CT molecular complexity index is 749. The molecule has 1 spiro atoms. The van der Waals surface area contributed by atoms with Gasteiger partial charge in [-0.25, -0.2) is 14.0 Å². The lowest BCUT2D eigenvalue weighted by Crippen LogP contribution is -2.55. The Morgan fingerprint density at radius 1 is 0.542 bits per heavy atom. The average Bonchev–Trinajstić information content (AvgIpc) is 3.43. The molecule has 5 unspecified atom stereocenters. The summed E-state index contributed by atoms with van der Waals surface area (Å²) in [7, 11) is -1.91. The van der Waals surface area contributed by atoms with Crippen molar-refractivity contribution in [3.63, 3.8) is 0 Å². The molecule has 0 N–H and O–H groups in total. The van der Waals surface area contributed by atoms with Crippen LogP contribution in [0.25, 0.3) is 0 Å². The van der Waals surface area contributed by atoms with Crippen LogP contribution in [0.4, 0.5) is 0 Å². The minimum Gasteiger partial charge on any atom is -0.329 e. The lowest BCUT2D eigenvalue weighted by Gasteiger charge is -2.47. The van der Waals surface area contributed by atoms with E-state index in [0.717, 1.165) is 64.4 Å². The van der Waals surface area contributed by atoms with E-state index < -0.39 is 17.0 Å². The van der Waals surface area contributed by atoms with Gasteiger partial charge in [0.15, 0.2) is 8.45 Å². The molecular weight excluding hydrogens is 632 g/mol. The average molecular weight is 716 g/mol. The van der Waals surface area contributed by atoms with Crippen LogP contribution in [0.3, 0.4) is 0 Å². The summed E-state index contributed by atoms with van der Waals surface area (Å²) in [4.78, 5) is 0. The van der Waals surface area contributed by atoms with E-state index >= 15 is 0 Å². The van der Waals surface area contributed by atoms with Crippen molar-refractivity contribution < 1.29 is 13.6 Å². The van der Waals surface area contributed by atoms with E-state index in [9.17, 15) is 0 Å². The fourth-order valence-corrected chi connectivity index (χ4v) is 12.0. The van der Waals surface area contributed by atoms with E-state index in [2.05, 4.69) is 83.2 Å². The summed E-state index contributed by atoms with van der Waals surface area (Å²) in [6.07, 6.45) is 20.7. The normalized spacial score (nSPS) is 24.7. The molecule has 2 rings (SSSR count). The molecule has 0 aliphatic carbocycles. The summed E-state index contributed by atoms with van der Waals surface area (Å²) in [5.74, 6) is 3.46. The van der Waals surface area contributed by atoms with Gasteiger partial charge in [0, 0.05) is 32.7 Å². The smallest absolute Gasteiger partial charge is 0.258 e. The van der Waals surface area contributed by atoms with Gasteiger partial charge in [-0.15, -0.1) is 0 Å². The lowest BCUT2D eigenvalue weighted by molar-refractivity contribution is 0.00345. The summed E-state index contributed by atoms with van der Waals surface area (Å²) >= 11 is 0. The molecule has 286 valence electrons. The van der Waals surface area contributed by atoms with Crippen molar-refractivity contribution in [1.29, 1.82) is 0 Å². The van der Waals surface area contributed by atoms with Crippen LogP contribution in [0.5, 0.6) is 0 Å². The van der Waals surface area contributed by atoms with Gasteiger partial charge < -0.3 is 13.6 Å². The van der Waals surface area contributed by atoms with E-state index in [4.69, 9.17) is 13.6 Å². The van der Waals surface area contributed by atoms with Crippen LogP contribution in [0.2, 0.25) is 0 Å². The zero-order valence-corrected chi connectivity index (χ0v) is 35.6. The zero-order chi connectivity index (χ0) is 35.4. The Labute approximate surface area is 303 Å². The number of rotatable bonds is 28. The van der Waals surface area contributed by atoms with Crippen molar-refractivity contribution >= 4 is 17.0 Å². The number of hydrogen-bond acceptors (Lipinski definition) is 6. The molecule has 48 heavy (non-hydrogen) atoms. The highest BCUT2D eigenvalue weighted by Gasteiger charge is 2.54. The highest BCUT2D eigenvalue weighted by molar-refractivity contribution is 7.47. The van der Waals surface area contributed by atoms with E-state index in [1.165, 1.54) is 103 Å². The highest BCUT2D eigenvalue weighted by atomic mass is 31.2. The van der Waals surface area contributed by atoms with Crippen LogP contribution >= 0.6 is 17.0 Å². The van der Waals surface area contributed by atoms with Gasteiger partial charge in [-0.3, -0.25) is 0 Å². The molecule has 0 bridgehead atoms. The summed E-state index contributed by atoms with van der Waals surface area (Å²) in [6, 6.07) is 0. The van der Waals surface area contributed by atoms with Gasteiger partial charge in [-0.1, -0.05) is 146 Å². The monoisotopic (exact) mass is 716 g/mol. The van der Waals surface area contributed by atoms with Gasteiger partial charge in [0.2, 0.25) is 0 Å². The maximum Gasteiger partial charge on any atom is 0.258 e. The molecule has 8 heteroatoms. The Morgan fingerprint density at radius 2 is 0.896 bits per heavy atom. The molecule has 5 atom stereocenters. The maximum atomic E-state index is 7.02. The van der Waals surface area contributed by atoms with Crippen LogP contribution in [0.1, 0.15) is 172 Å². The predicted molar refractivity (Wildman–Crippen MR) is 212 cm³/mol. The molecule has 0 aromatic carbocycles. The first-order valence-corrected chi connectivity index (χ1v) is 23.3. The quantitative estimate of drug-likeness (QED) is 0.0751. The largest absolute Gasteiger partial charge is 0.329 e. The molecule has 2 aliphatic rings. The Balaban J connectivity index is 2.31. The summed E-state index contributed by atoms with van der Waals surface area (Å²) in [6.45, 7) is 31.4. The minimum atomic E-state index is -1.06. The topological polar surface area (TPSA) is 37.4 Å². The van der Waals surface area contributed by atoms with Crippen molar-refractivity contribution in [3.05, 3.63) is 0 Å². The van der Waals surface area contributed by atoms with E-state index in [-0.39, 0.29) is 5.54 Å². The van der Waals surface area contributed by atoms with Crippen molar-refractivity contribution in [3.8, 4) is 0 Å². The third-order valence-electron chi connectivity index (χ3n) is 11.1. The zero-order valence-electron chi connectivity index (χ0n) is 33.8. The number of nitrogens with zero attached hydrogens (tertiary/aromatic N) is 3. The number of hydrogen-bond donors (Lipinski definition) is 0. The molecule has 0 aromatic rings. The first kappa shape index (κ1) is 44.8. The molecule has 0 aromatic heterocycles. The fourth-order valence-electron chi connectivity index (χ4n) is 7.46. The summed E-state index contributed by atoms with van der Waals surface area (Å²) < 4.78 is 29.2. The molecule has 2 aliphatic heterocycles. The van der Waals surface area contributed by atoms with Gasteiger partial charge in [0.05, 0.1) is 25.4 Å². The SMILES string of the molecule is CCCCC(CC)CN(CC(CC)CCCC)P1OCC2(CO1)COP(N(CC(CC)CCCC)CC(CC)CCCC)N2CC(C)C. The molecule has 2 fully saturated rings.